The van der Waals surface area contributed by atoms with E-state index in [1.807, 2.05) is 11.8 Å². The van der Waals surface area contributed by atoms with Crippen LogP contribution in [0.5, 0.6) is 0 Å². The van der Waals surface area contributed by atoms with Crippen LogP contribution < -0.4 is 5.32 Å². The van der Waals surface area contributed by atoms with E-state index in [4.69, 9.17) is 16.0 Å². The fourth-order valence-electron chi connectivity index (χ4n) is 5.06. The quantitative estimate of drug-likeness (QED) is 0.670. The van der Waals surface area contributed by atoms with Gasteiger partial charge in [0, 0.05) is 50.1 Å². The number of piperazine rings is 1. The number of fused-ring (bicyclic) bond motifs is 1. The minimum absolute atomic E-state index is 0.0824. The van der Waals surface area contributed by atoms with Gasteiger partial charge < -0.3 is 19.5 Å². The van der Waals surface area contributed by atoms with Gasteiger partial charge in [-0.2, -0.15) is 13.2 Å². The van der Waals surface area contributed by atoms with Crippen LogP contribution in [0.15, 0.2) is 16.5 Å². The minimum Gasteiger partial charge on any atom is -0.449 e. The Labute approximate surface area is 200 Å². The lowest BCUT2D eigenvalue weighted by Crippen LogP contribution is -2.54. The molecule has 3 fully saturated rings. The normalized spacial score (nSPS) is 22.4. The molecule has 1 unspecified atom stereocenters. The molecule has 1 aliphatic carbocycles. The average Bonchev–Trinajstić information content (AvgIpc) is 3.61. The SMILES string of the molecule is CC1CN(C(=O)C2CCN(C(=O)c3oc4c(C(F)(F)F)cc(C5CC5)cc4c3Cl)CC2)CCN1. The molecule has 2 saturated heterocycles. The molecule has 184 valence electrons. The summed E-state index contributed by atoms with van der Waals surface area (Å²) in [7, 11) is 0. The maximum atomic E-state index is 13.7. The predicted octanol–water partition coefficient (Wildman–Crippen LogP) is 4.65. The highest BCUT2D eigenvalue weighted by atomic mass is 35.5. The lowest BCUT2D eigenvalue weighted by atomic mass is 9.94. The van der Waals surface area contributed by atoms with Crippen molar-refractivity contribution in [2.24, 2.45) is 5.92 Å². The number of carbonyl (C=O) groups excluding carboxylic acids is 2. The van der Waals surface area contributed by atoms with Crippen molar-refractivity contribution in [3.8, 4) is 0 Å². The van der Waals surface area contributed by atoms with E-state index in [9.17, 15) is 22.8 Å². The van der Waals surface area contributed by atoms with Crippen LogP contribution in [0.4, 0.5) is 13.2 Å². The maximum absolute atomic E-state index is 13.7. The number of piperidine rings is 1. The Hall–Kier alpha value is -2.26. The summed E-state index contributed by atoms with van der Waals surface area (Å²) in [6.07, 6.45) is -1.94. The van der Waals surface area contributed by atoms with Crippen LogP contribution in [-0.4, -0.2) is 60.4 Å². The van der Waals surface area contributed by atoms with Gasteiger partial charge in [-0.3, -0.25) is 9.59 Å². The summed E-state index contributed by atoms with van der Waals surface area (Å²) in [5.41, 5.74) is -0.728. The van der Waals surface area contributed by atoms with E-state index in [0.717, 1.165) is 25.5 Å². The van der Waals surface area contributed by atoms with E-state index in [0.29, 0.717) is 44.6 Å². The van der Waals surface area contributed by atoms with Crippen molar-refractivity contribution in [2.75, 3.05) is 32.7 Å². The first kappa shape index (κ1) is 23.5. The lowest BCUT2D eigenvalue weighted by molar-refractivity contribution is -0.138. The van der Waals surface area contributed by atoms with Crippen LogP contribution in [0.2, 0.25) is 5.02 Å². The molecule has 0 spiro atoms. The van der Waals surface area contributed by atoms with Crippen LogP contribution in [0.25, 0.3) is 11.0 Å². The first-order valence-corrected chi connectivity index (χ1v) is 12.2. The number of nitrogens with zero attached hydrogens (tertiary/aromatic N) is 2. The Morgan fingerprint density at radius 1 is 1.09 bits per heavy atom. The number of hydrogen-bond acceptors (Lipinski definition) is 4. The second-order valence-electron chi connectivity index (χ2n) is 9.67. The fourth-order valence-corrected chi connectivity index (χ4v) is 5.32. The van der Waals surface area contributed by atoms with E-state index in [1.54, 1.807) is 6.07 Å². The molecule has 1 aromatic heterocycles. The van der Waals surface area contributed by atoms with Crippen LogP contribution in [0, 0.1) is 5.92 Å². The molecule has 2 amide bonds. The lowest BCUT2D eigenvalue weighted by Gasteiger charge is -2.37. The molecule has 0 radical (unpaired) electrons. The Morgan fingerprint density at radius 2 is 1.79 bits per heavy atom. The summed E-state index contributed by atoms with van der Waals surface area (Å²) in [6.45, 7) is 4.78. The number of furan rings is 1. The third-order valence-corrected chi connectivity index (χ3v) is 7.49. The van der Waals surface area contributed by atoms with Gasteiger partial charge in [0.1, 0.15) is 5.58 Å². The fraction of sp³-hybridized carbons (Fsp3) is 0.583. The number of rotatable bonds is 3. The monoisotopic (exact) mass is 497 g/mol. The van der Waals surface area contributed by atoms with Gasteiger partial charge in [0.25, 0.3) is 5.91 Å². The highest BCUT2D eigenvalue weighted by Crippen LogP contribution is 2.47. The summed E-state index contributed by atoms with van der Waals surface area (Å²) in [5, 5.41) is 3.35. The molecule has 1 aromatic carbocycles. The zero-order valence-corrected chi connectivity index (χ0v) is 19.6. The van der Waals surface area contributed by atoms with Gasteiger partial charge in [-0.05, 0) is 56.2 Å². The molecule has 10 heteroatoms. The molecule has 1 saturated carbocycles. The van der Waals surface area contributed by atoms with Crippen molar-refractivity contribution in [3.63, 3.8) is 0 Å². The van der Waals surface area contributed by atoms with Crippen molar-refractivity contribution in [1.82, 2.24) is 15.1 Å². The summed E-state index contributed by atoms with van der Waals surface area (Å²) in [4.78, 5) is 29.4. The molecular formula is C24H27ClF3N3O3. The highest BCUT2D eigenvalue weighted by Gasteiger charge is 2.39. The predicted molar refractivity (Wildman–Crippen MR) is 121 cm³/mol. The molecule has 6 nitrogen and oxygen atoms in total. The third-order valence-electron chi connectivity index (χ3n) is 7.11. The zero-order valence-electron chi connectivity index (χ0n) is 18.9. The second kappa shape index (κ2) is 8.75. The van der Waals surface area contributed by atoms with Gasteiger partial charge in [0.05, 0.1) is 10.6 Å². The second-order valence-corrected chi connectivity index (χ2v) is 10.0. The number of hydrogen-bond donors (Lipinski definition) is 1. The molecule has 3 aliphatic rings. The Bertz CT molecular complexity index is 1120. The van der Waals surface area contributed by atoms with E-state index in [2.05, 4.69) is 5.32 Å². The topological polar surface area (TPSA) is 65.8 Å². The van der Waals surface area contributed by atoms with Crippen LogP contribution in [0.1, 0.15) is 60.2 Å². The van der Waals surface area contributed by atoms with Crippen molar-refractivity contribution in [1.29, 1.82) is 0 Å². The van der Waals surface area contributed by atoms with Crippen LogP contribution in [0.3, 0.4) is 0 Å². The first-order valence-electron chi connectivity index (χ1n) is 11.8. The highest BCUT2D eigenvalue weighted by molar-refractivity contribution is 6.38. The molecular weight excluding hydrogens is 471 g/mol. The summed E-state index contributed by atoms with van der Waals surface area (Å²) >= 11 is 6.41. The number of alkyl halides is 3. The van der Waals surface area contributed by atoms with Gasteiger partial charge in [-0.25, -0.2) is 0 Å². The molecule has 1 atom stereocenters. The van der Waals surface area contributed by atoms with E-state index in [-0.39, 0.29) is 40.0 Å². The number of benzene rings is 1. The van der Waals surface area contributed by atoms with Crippen LogP contribution in [-0.2, 0) is 11.0 Å². The van der Waals surface area contributed by atoms with E-state index in [1.165, 1.54) is 4.90 Å². The smallest absolute Gasteiger partial charge is 0.420 e. The van der Waals surface area contributed by atoms with Crippen molar-refractivity contribution in [3.05, 3.63) is 34.0 Å². The van der Waals surface area contributed by atoms with Gasteiger partial charge in [-0.15, -0.1) is 0 Å². The Kier molecular flexibility index (Phi) is 6.04. The van der Waals surface area contributed by atoms with E-state index >= 15 is 0 Å². The van der Waals surface area contributed by atoms with Crippen molar-refractivity contribution >= 4 is 34.4 Å². The van der Waals surface area contributed by atoms with Gasteiger partial charge >= 0.3 is 6.18 Å². The molecule has 2 aliphatic heterocycles. The average molecular weight is 498 g/mol. The number of carbonyl (C=O) groups is 2. The number of likely N-dealkylation sites (tertiary alicyclic amines) is 1. The standard InChI is InChI=1S/C24H27ClF3N3O3/c1-13-12-31(9-6-29-13)22(32)15-4-7-30(8-5-15)23(33)21-19(25)17-10-16(14-2-3-14)11-18(20(17)34-21)24(26,27)28/h10-11,13-15,29H,2-9,12H2,1H3. The number of halogens is 4. The van der Waals surface area contributed by atoms with Gasteiger partial charge in [0.15, 0.2) is 0 Å². The summed E-state index contributed by atoms with van der Waals surface area (Å²) < 4.78 is 46.7. The molecule has 34 heavy (non-hydrogen) atoms. The molecule has 3 heterocycles. The molecule has 5 rings (SSSR count). The largest absolute Gasteiger partial charge is 0.449 e. The van der Waals surface area contributed by atoms with Gasteiger partial charge in [-0.1, -0.05) is 11.6 Å². The third kappa shape index (κ3) is 4.40. The van der Waals surface area contributed by atoms with Crippen molar-refractivity contribution < 1.29 is 27.2 Å². The molecule has 0 bridgehead atoms. The number of amides is 2. The zero-order chi connectivity index (χ0) is 24.2. The Balaban J connectivity index is 1.34. The maximum Gasteiger partial charge on any atom is 0.420 e. The van der Waals surface area contributed by atoms with Gasteiger partial charge in [0.2, 0.25) is 11.7 Å². The Morgan fingerprint density at radius 3 is 2.41 bits per heavy atom. The first-order chi connectivity index (χ1) is 16.1. The number of nitrogens with one attached hydrogen (secondary N) is 1. The molecule has 2 aromatic rings. The molecule has 1 N–H and O–H groups in total. The van der Waals surface area contributed by atoms with Crippen LogP contribution >= 0.6 is 11.6 Å². The minimum atomic E-state index is -4.62. The summed E-state index contributed by atoms with van der Waals surface area (Å²) in [6, 6.07) is 2.98. The van der Waals surface area contributed by atoms with E-state index < -0.39 is 23.2 Å². The summed E-state index contributed by atoms with van der Waals surface area (Å²) in [5.74, 6) is -0.784. The van der Waals surface area contributed by atoms with Crippen molar-refractivity contribution in [2.45, 2.75) is 50.7 Å².